The standard InChI is InChI=1S/C17H16FNOS/c1-10-3-6-14(20-2)13(7-10)17(19)16-8-11-4-5-12(18)9-15(11)21-16/h3-9,17H,19H2,1-2H3. The molecular weight excluding hydrogens is 285 g/mol. The average molecular weight is 301 g/mol. The third-order valence-electron chi connectivity index (χ3n) is 3.53. The number of aryl methyl sites for hydroxylation is 1. The van der Waals surface area contributed by atoms with Crippen LogP contribution in [-0.2, 0) is 0 Å². The molecule has 1 heterocycles. The largest absolute Gasteiger partial charge is 0.496 e. The minimum atomic E-state index is -0.277. The molecule has 0 bridgehead atoms. The van der Waals surface area contributed by atoms with Crippen molar-refractivity contribution in [2.24, 2.45) is 5.73 Å². The lowest BCUT2D eigenvalue weighted by atomic mass is 10.0. The molecule has 108 valence electrons. The number of nitrogens with two attached hydrogens (primary N) is 1. The number of hydrogen-bond donors (Lipinski definition) is 1. The molecule has 0 saturated heterocycles. The molecule has 0 saturated carbocycles. The molecule has 2 N–H and O–H groups in total. The smallest absolute Gasteiger partial charge is 0.124 e. The molecule has 3 aromatic rings. The minimum Gasteiger partial charge on any atom is -0.496 e. The molecule has 1 atom stereocenters. The minimum absolute atomic E-state index is 0.224. The summed E-state index contributed by atoms with van der Waals surface area (Å²) in [7, 11) is 1.64. The highest BCUT2D eigenvalue weighted by molar-refractivity contribution is 7.19. The summed E-state index contributed by atoms with van der Waals surface area (Å²) >= 11 is 1.52. The Hall–Kier alpha value is -1.91. The van der Waals surface area contributed by atoms with Gasteiger partial charge in [-0.3, -0.25) is 0 Å². The summed E-state index contributed by atoms with van der Waals surface area (Å²) in [4.78, 5) is 1.000. The van der Waals surface area contributed by atoms with Crippen LogP contribution in [0.2, 0.25) is 0 Å². The first-order valence-electron chi connectivity index (χ1n) is 6.67. The van der Waals surface area contributed by atoms with Crippen LogP contribution >= 0.6 is 11.3 Å². The lowest BCUT2D eigenvalue weighted by Crippen LogP contribution is -2.11. The molecule has 0 aliphatic carbocycles. The van der Waals surface area contributed by atoms with Gasteiger partial charge in [0.15, 0.2) is 0 Å². The van der Waals surface area contributed by atoms with Gasteiger partial charge in [-0.2, -0.15) is 0 Å². The van der Waals surface area contributed by atoms with Crippen molar-refractivity contribution in [2.45, 2.75) is 13.0 Å². The van der Waals surface area contributed by atoms with Crippen LogP contribution in [0.5, 0.6) is 5.75 Å². The van der Waals surface area contributed by atoms with Crippen LogP contribution in [0.1, 0.15) is 22.0 Å². The summed E-state index contributed by atoms with van der Waals surface area (Å²) in [6.45, 7) is 2.02. The van der Waals surface area contributed by atoms with E-state index in [9.17, 15) is 4.39 Å². The number of fused-ring (bicyclic) bond motifs is 1. The van der Waals surface area contributed by atoms with E-state index < -0.39 is 0 Å². The van der Waals surface area contributed by atoms with Gasteiger partial charge in [-0.05, 0) is 36.6 Å². The van der Waals surface area contributed by atoms with Gasteiger partial charge in [0, 0.05) is 15.1 Å². The third kappa shape index (κ3) is 2.64. The van der Waals surface area contributed by atoms with Gasteiger partial charge in [0.2, 0.25) is 0 Å². The topological polar surface area (TPSA) is 35.2 Å². The van der Waals surface area contributed by atoms with Crippen LogP contribution < -0.4 is 10.5 Å². The summed E-state index contributed by atoms with van der Waals surface area (Å²) in [5, 5.41) is 1.01. The van der Waals surface area contributed by atoms with Gasteiger partial charge in [-0.1, -0.05) is 23.8 Å². The van der Waals surface area contributed by atoms with Gasteiger partial charge in [-0.25, -0.2) is 4.39 Å². The molecule has 0 aliphatic rings. The first-order chi connectivity index (χ1) is 10.1. The van der Waals surface area contributed by atoms with Gasteiger partial charge in [0.05, 0.1) is 13.2 Å². The van der Waals surface area contributed by atoms with Crippen molar-refractivity contribution in [2.75, 3.05) is 7.11 Å². The summed E-state index contributed by atoms with van der Waals surface area (Å²) in [6, 6.07) is 12.5. The zero-order valence-electron chi connectivity index (χ0n) is 11.9. The van der Waals surface area contributed by atoms with Crippen LogP contribution in [0.3, 0.4) is 0 Å². The highest BCUT2D eigenvalue weighted by Gasteiger charge is 2.17. The maximum absolute atomic E-state index is 13.3. The summed E-state index contributed by atoms with van der Waals surface area (Å²) in [5.41, 5.74) is 8.48. The molecular formula is C17H16FNOS. The second-order valence-corrected chi connectivity index (χ2v) is 6.17. The van der Waals surface area contributed by atoms with Crippen molar-refractivity contribution in [1.29, 1.82) is 0 Å². The van der Waals surface area contributed by atoms with Crippen LogP contribution in [-0.4, -0.2) is 7.11 Å². The van der Waals surface area contributed by atoms with Gasteiger partial charge in [0.1, 0.15) is 11.6 Å². The van der Waals surface area contributed by atoms with Crippen LogP contribution in [0.4, 0.5) is 4.39 Å². The molecule has 0 spiro atoms. The molecule has 1 unspecified atom stereocenters. The van der Waals surface area contributed by atoms with E-state index >= 15 is 0 Å². The van der Waals surface area contributed by atoms with Crippen molar-refractivity contribution in [3.8, 4) is 5.75 Å². The van der Waals surface area contributed by atoms with E-state index in [1.54, 1.807) is 19.2 Å². The summed E-state index contributed by atoms with van der Waals surface area (Å²) < 4.78 is 19.6. The summed E-state index contributed by atoms with van der Waals surface area (Å²) in [5.74, 6) is 0.550. The molecule has 0 aliphatic heterocycles. The average Bonchev–Trinajstić information content (AvgIpc) is 2.89. The third-order valence-corrected chi connectivity index (χ3v) is 4.71. The fraction of sp³-hybridized carbons (Fsp3) is 0.176. The Morgan fingerprint density at radius 3 is 2.71 bits per heavy atom. The SMILES string of the molecule is COc1ccc(C)cc1C(N)c1cc2ccc(F)cc2s1. The van der Waals surface area contributed by atoms with Crippen molar-refractivity contribution in [3.63, 3.8) is 0 Å². The molecule has 3 rings (SSSR count). The highest BCUT2D eigenvalue weighted by Crippen LogP contribution is 2.35. The Morgan fingerprint density at radius 2 is 1.95 bits per heavy atom. The second kappa shape index (κ2) is 5.47. The molecule has 0 fully saturated rings. The normalized spacial score (nSPS) is 12.6. The van der Waals surface area contributed by atoms with Crippen LogP contribution in [0, 0.1) is 12.7 Å². The maximum atomic E-state index is 13.3. The number of ether oxygens (including phenoxy) is 1. The Bertz CT molecular complexity index is 797. The van der Waals surface area contributed by atoms with Gasteiger partial charge in [-0.15, -0.1) is 11.3 Å². The Balaban J connectivity index is 2.07. The van der Waals surface area contributed by atoms with E-state index in [1.165, 1.54) is 17.4 Å². The fourth-order valence-electron chi connectivity index (χ4n) is 2.43. The predicted octanol–water partition coefficient (Wildman–Crippen LogP) is 4.41. The van der Waals surface area contributed by atoms with Crippen molar-refractivity contribution < 1.29 is 9.13 Å². The monoisotopic (exact) mass is 301 g/mol. The molecule has 1 aromatic heterocycles. The number of thiophene rings is 1. The Morgan fingerprint density at radius 1 is 1.14 bits per heavy atom. The molecule has 2 nitrogen and oxygen atoms in total. The number of methoxy groups -OCH3 is 1. The van der Waals surface area contributed by atoms with Crippen molar-refractivity contribution >= 4 is 21.4 Å². The molecule has 21 heavy (non-hydrogen) atoms. The van der Waals surface area contributed by atoms with Crippen LogP contribution in [0.25, 0.3) is 10.1 Å². The van der Waals surface area contributed by atoms with E-state index in [2.05, 4.69) is 0 Å². The highest BCUT2D eigenvalue weighted by atomic mass is 32.1. The zero-order chi connectivity index (χ0) is 15.0. The van der Waals surface area contributed by atoms with Gasteiger partial charge >= 0.3 is 0 Å². The fourth-order valence-corrected chi connectivity index (χ4v) is 3.54. The lowest BCUT2D eigenvalue weighted by Gasteiger charge is -2.15. The van der Waals surface area contributed by atoms with Crippen molar-refractivity contribution in [1.82, 2.24) is 0 Å². The number of benzene rings is 2. The van der Waals surface area contributed by atoms with E-state index in [0.29, 0.717) is 0 Å². The van der Waals surface area contributed by atoms with Gasteiger partial charge in [0.25, 0.3) is 0 Å². The van der Waals surface area contributed by atoms with E-state index in [0.717, 1.165) is 31.8 Å². The van der Waals surface area contributed by atoms with Gasteiger partial charge < -0.3 is 10.5 Å². The van der Waals surface area contributed by atoms with E-state index in [-0.39, 0.29) is 11.9 Å². The first kappa shape index (κ1) is 14.0. The zero-order valence-corrected chi connectivity index (χ0v) is 12.7. The quantitative estimate of drug-likeness (QED) is 0.778. The van der Waals surface area contributed by atoms with Crippen LogP contribution in [0.15, 0.2) is 42.5 Å². The molecule has 0 amide bonds. The Labute approximate surface area is 127 Å². The first-order valence-corrected chi connectivity index (χ1v) is 7.49. The van der Waals surface area contributed by atoms with E-state index in [1.807, 2.05) is 31.2 Å². The molecule has 0 radical (unpaired) electrons. The number of rotatable bonds is 3. The maximum Gasteiger partial charge on any atom is 0.124 e. The number of hydrogen-bond acceptors (Lipinski definition) is 3. The van der Waals surface area contributed by atoms with E-state index in [4.69, 9.17) is 10.5 Å². The Kier molecular flexibility index (Phi) is 3.66. The number of halogens is 1. The lowest BCUT2D eigenvalue weighted by molar-refractivity contribution is 0.408. The predicted molar refractivity (Wildman–Crippen MR) is 85.5 cm³/mol. The molecule has 4 heteroatoms. The van der Waals surface area contributed by atoms with Crippen molar-refractivity contribution in [3.05, 3.63) is 64.3 Å². The second-order valence-electron chi connectivity index (χ2n) is 5.05. The molecule has 2 aromatic carbocycles. The summed E-state index contributed by atoms with van der Waals surface area (Å²) in [6.07, 6.45) is 0.